The van der Waals surface area contributed by atoms with Crippen molar-refractivity contribution >= 4 is 11.3 Å². The van der Waals surface area contributed by atoms with Crippen LogP contribution in [-0.4, -0.2) is 10.1 Å². The van der Waals surface area contributed by atoms with Gasteiger partial charge in [0.2, 0.25) is 11.7 Å². The maximum atomic E-state index is 6.05. The van der Waals surface area contributed by atoms with Crippen molar-refractivity contribution in [1.29, 1.82) is 0 Å². The molecule has 0 fully saturated rings. The number of furan rings is 1. The molecular weight excluding hydrogens is 250 g/mol. The molecule has 0 amide bonds. The molecule has 5 nitrogen and oxygen atoms in total. The maximum absolute atomic E-state index is 6.05. The van der Waals surface area contributed by atoms with Crippen LogP contribution in [0.4, 0.5) is 0 Å². The molecule has 0 aliphatic carbocycles. The molecule has 6 heteroatoms. The van der Waals surface area contributed by atoms with E-state index in [2.05, 4.69) is 10.1 Å². The monoisotopic (exact) mass is 261 g/mol. The summed E-state index contributed by atoms with van der Waals surface area (Å²) < 4.78 is 10.5. The molecule has 0 spiro atoms. The molecule has 3 rings (SSSR count). The molecule has 3 heterocycles. The van der Waals surface area contributed by atoms with Gasteiger partial charge in [-0.05, 0) is 30.0 Å². The van der Waals surface area contributed by atoms with Crippen molar-refractivity contribution in [2.75, 3.05) is 0 Å². The quantitative estimate of drug-likeness (QED) is 0.784. The van der Waals surface area contributed by atoms with Crippen molar-refractivity contribution in [3.8, 4) is 11.6 Å². The summed E-state index contributed by atoms with van der Waals surface area (Å²) >= 11 is 1.56. The second-order valence-electron chi connectivity index (χ2n) is 3.88. The Labute approximate surface area is 107 Å². The summed E-state index contributed by atoms with van der Waals surface area (Å²) in [6.45, 7) is 1.92. The molecule has 1 unspecified atom stereocenters. The summed E-state index contributed by atoms with van der Waals surface area (Å²) in [5.74, 6) is 1.44. The Morgan fingerprint density at radius 2 is 2.28 bits per heavy atom. The summed E-state index contributed by atoms with van der Waals surface area (Å²) in [7, 11) is 0. The molecule has 1 atom stereocenters. The first kappa shape index (κ1) is 11.2. The Hall–Kier alpha value is -1.92. The number of nitrogens with zero attached hydrogens (tertiary/aromatic N) is 2. The van der Waals surface area contributed by atoms with Crippen LogP contribution in [0.25, 0.3) is 11.6 Å². The Bertz CT molecular complexity index is 642. The zero-order valence-electron chi connectivity index (χ0n) is 9.66. The lowest BCUT2D eigenvalue weighted by Crippen LogP contribution is -2.10. The van der Waals surface area contributed by atoms with Gasteiger partial charge in [0.15, 0.2) is 5.76 Å². The van der Waals surface area contributed by atoms with E-state index in [1.807, 2.05) is 30.5 Å². The van der Waals surface area contributed by atoms with E-state index in [4.69, 9.17) is 14.7 Å². The number of hydrogen-bond acceptors (Lipinski definition) is 6. The van der Waals surface area contributed by atoms with Crippen LogP contribution in [-0.2, 0) is 0 Å². The second kappa shape index (κ2) is 4.40. The van der Waals surface area contributed by atoms with Crippen LogP contribution < -0.4 is 5.73 Å². The standard InChI is InChI=1S/C12H11N3O2S/c1-7-4-5-16-10(7)11-14-12(17-15-11)9(13)8-3-2-6-18-8/h2-6,9H,13H2,1H3. The number of hydrogen-bond donors (Lipinski definition) is 1. The minimum Gasteiger partial charge on any atom is -0.461 e. The lowest BCUT2D eigenvalue weighted by atomic mass is 10.2. The number of thiophene rings is 1. The molecule has 3 aromatic rings. The first-order chi connectivity index (χ1) is 8.75. The molecular formula is C12H11N3O2S. The van der Waals surface area contributed by atoms with Crippen LogP contribution in [0.15, 0.2) is 38.8 Å². The molecule has 0 radical (unpaired) electrons. The fraction of sp³-hybridized carbons (Fsp3) is 0.167. The van der Waals surface area contributed by atoms with Gasteiger partial charge in [0.25, 0.3) is 0 Å². The van der Waals surface area contributed by atoms with Crippen molar-refractivity contribution in [3.63, 3.8) is 0 Å². The number of aromatic nitrogens is 2. The van der Waals surface area contributed by atoms with E-state index >= 15 is 0 Å². The number of rotatable bonds is 3. The Balaban J connectivity index is 1.93. The van der Waals surface area contributed by atoms with Crippen molar-refractivity contribution in [2.24, 2.45) is 5.73 Å². The van der Waals surface area contributed by atoms with Gasteiger partial charge >= 0.3 is 0 Å². The van der Waals surface area contributed by atoms with Crippen molar-refractivity contribution in [2.45, 2.75) is 13.0 Å². The van der Waals surface area contributed by atoms with Gasteiger partial charge in [-0.1, -0.05) is 11.2 Å². The predicted molar refractivity (Wildman–Crippen MR) is 67.1 cm³/mol. The zero-order valence-corrected chi connectivity index (χ0v) is 10.5. The van der Waals surface area contributed by atoms with Gasteiger partial charge in [0.1, 0.15) is 6.04 Å². The minimum absolute atomic E-state index is 0.387. The molecule has 0 bridgehead atoms. The fourth-order valence-corrected chi connectivity index (χ4v) is 2.36. The first-order valence-corrected chi connectivity index (χ1v) is 6.30. The van der Waals surface area contributed by atoms with Crippen LogP contribution in [0.1, 0.15) is 22.4 Å². The second-order valence-corrected chi connectivity index (χ2v) is 4.86. The average Bonchev–Trinajstić information content (AvgIpc) is 3.09. The largest absolute Gasteiger partial charge is 0.461 e. The lowest BCUT2D eigenvalue weighted by molar-refractivity contribution is 0.367. The maximum Gasteiger partial charge on any atom is 0.249 e. The van der Waals surface area contributed by atoms with Gasteiger partial charge in [-0.25, -0.2) is 0 Å². The van der Waals surface area contributed by atoms with E-state index in [1.165, 1.54) is 0 Å². The van der Waals surface area contributed by atoms with Gasteiger partial charge < -0.3 is 14.7 Å². The summed E-state index contributed by atoms with van der Waals surface area (Å²) in [5.41, 5.74) is 7.01. The molecule has 92 valence electrons. The number of nitrogens with two attached hydrogens (primary N) is 1. The van der Waals surface area contributed by atoms with Crippen molar-refractivity contribution < 1.29 is 8.94 Å². The van der Waals surface area contributed by atoms with Crippen LogP contribution in [0.3, 0.4) is 0 Å². The van der Waals surface area contributed by atoms with E-state index in [1.54, 1.807) is 17.6 Å². The highest BCUT2D eigenvalue weighted by atomic mass is 32.1. The first-order valence-electron chi connectivity index (χ1n) is 5.43. The topological polar surface area (TPSA) is 78.1 Å². The van der Waals surface area contributed by atoms with Crippen LogP contribution in [0.2, 0.25) is 0 Å². The van der Waals surface area contributed by atoms with E-state index < -0.39 is 0 Å². The smallest absolute Gasteiger partial charge is 0.249 e. The van der Waals surface area contributed by atoms with Gasteiger partial charge in [-0.3, -0.25) is 0 Å². The van der Waals surface area contributed by atoms with Gasteiger partial charge in [-0.15, -0.1) is 11.3 Å². The van der Waals surface area contributed by atoms with E-state index in [0.717, 1.165) is 10.4 Å². The van der Waals surface area contributed by atoms with Crippen LogP contribution in [0, 0.1) is 6.92 Å². The molecule has 18 heavy (non-hydrogen) atoms. The molecule has 0 aliphatic heterocycles. The van der Waals surface area contributed by atoms with Gasteiger partial charge in [-0.2, -0.15) is 4.98 Å². The molecule has 2 N–H and O–H groups in total. The Morgan fingerprint density at radius 3 is 2.94 bits per heavy atom. The molecule has 0 saturated heterocycles. The van der Waals surface area contributed by atoms with Gasteiger partial charge in [0, 0.05) is 4.88 Å². The van der Waals surface area contributed by atoms with Crippen molar-refractivity contribution in [3.05, 3.63) is 46.2 Å². The fourth-order valence-electron chi connectivity index (χ4n) is 1.65. The summed E-state index contributed by atoms with van der Waals surface area (Å²) in [5, 5.41) is 5.86. The normalized spacial score (nSPS) is 12.8. The third-order valence-corrected chi connectivity index (χ3v) is 3.58. The molecule has 0 saturated carbocycles. The highest BCUT2D eigenvalue weighted by Crippen LogP contribution is 2.26. The van der Waals surface area contributed by atoms with Crippen LogP contribution in [0.5, 0.6) is 0 Å². The average molecular weight is 261 g/mol. The molecule has 0 aromatic carbocycles. The highest BCUT2D eigenvalue weighted by molar-refractivity contribution is 7.10. The highest BCUT2D eigenvalue weighted by Gasteiger charge is 2.20. The van der Waals surface area contributed by atoms with E-state index in [9.17, 15) is 0 Å². The third-order valence-electron chi connectivity index (χ3n) is 2.62. The van der Waals surface area contributed by atoms with E-state index in [-0.39, 0.29) is 6.04 Å². The van der Waals surface area contributed by atoms with E-state index in [0.29, 0.717) is 17.5 Å². The minimum atomic E-state index is -0.387. The summed E-state index contributed by atoms with van der Waals surface area (Å²) in [6, 6.07) is 5.34. The zero-order chi connectivity index (χ0) is 12.5. The van der Waals surface area contributed by atoms with Crippen LogP contribution >= 0.6 is 11.3 Å². The third kappa shape index (κ3) is 1.85. The summed E-state index contributed by atoms with van der Waals surface area (Å²) in [4.78, 5) is 5.27. The predicted octanol–water partition coefficient (Wildman–Crippen LogP) is 2.75. The van der Waals surface area contributed by atoms with Crippen molar-refractivity contribution in [1.82, 2.24) is 10.1 Å². The number of aryl methyl sites for hydroxylation is 1. The van der Waals surface area contributed by atoms with Gasteiger partial charge in [0.05, 0.1) is 6.26 Å². The SMILES string of the molecule is Cc1ccoc1-c1noc(C(N)c2cccs2)n1. The molecule has 0 aliphatic rings. The summed E-state index contributed by atoms with van der Waals surface area (Å²) in [6.07, 6.45) is 1.60. The molecule has 3 aromatic heterocycles. The Kier molecular flexibility index (Phi) is 2.73. The lowest BCUT2D eigenvalue weighted by Gasteiger charge is -2.01. The Morgan fingerprint density at radius 1 is 1.39 bits per heavy atom.